The fourth-order valence-electron chi connectivity index (χ4n) is 6.02. The molecule has 0 aliphatic heterocycles. The molecule has 0 fully saturated rings. The maximum absolute atomic E-state index is 14.3. The Labute approximate surface area is 245 Å². The van der Waals surface area contributed by atoms with E-state index in [1.165, 1.54) is 34.4 Å². The third-order valence-corrected chi connectivity index (χ3v) is 8.12. The Morgan fingerprint density at radius 2 is 1.37 bits per heavy atom. The van der Waals surface area contributed by atoms with Crippen molar-refractivity contribution in [3.63, 3.8) is 0 Å². The van der Waals surface area contributed by atoms with Crippen molar-refractivity contribution in [3.8, 4) is 0 Å². The lowest BCUT2D eigenvalue weighted by Gasteiger charge is -2.11. The largest absolute Gasteiger partial charge is 0.384 e. The molecule has 0 radical (unpaired) electrons. The van der Waals surface area contributed by atoms with E-state index in [0.717, 1.165) is 49.9 Å². The molecule has 10 nitrogen and oxygen atoms in total. The number of benzene rings is 2. The first-order valence-electron chi connectivity index (χ1n) is 14.2. The van der Waals surface area contributed by atoms with E-state index >= 15 is 0 Å². The molecule has 0 spiro atoms. The van der Waals surface area contributed by atoms with Crippen molar-refractivity contribution >= 4 is 56.7 Å². The molecule has 218 valence electrons. The van der Waals surface area contributed by atoms with Gasteiger partial charge in [-0.15, -0.1) is 0 Å². The Kier molecular flexibility index (Phi) is 6.52. The Hall–Kier alpha value is -5.26. The predicted octanol–water partition coefficient (Wildman–Crippen LogP) is 5.83. The highest BCUT2D eigenvalue weighted by molar-refractivity contribution is 5.88. The van der Waals surface area contributed by atoms with Crippen molar-refractivity contribution < 1.29 is 8.78 Å². The van der Waals surface area contributed by atoms with Crippen LogP contribution >= 0.6 is 0 Å². The summed E-state index contributed by atoms with van der Waals surface area (Å²) in [5.41, 5.74) is 19.4. The minimum absolute atomic E-state index is 0.175. The maximum Gasteiger partial charge on any atom is 0.185 e. The number of aryl methyl sites for hydroxylation is 3. The van der Waals surface area contributed by atoms with Crippen LogP contribution in [0.4, 0.5) is 43.4 Å². The summed E-state index contributed by atoms with van der Waals surface area (Å²) in [6.45, 7) is 0. The number of halogens is 2. The minimum atomic E-state index is -0.439. The average molecular weight is 581 g/mol. The molecular formula is C31H30F2N10. The summed E-state index contributed by atoms with van der Waals surface area (Å²) in [4.78, 5) is 8.56. The molecule has 2 aliphatic rings. The molecule has 0 bridgehead atoms. The zero-order valence-electron chi connectivity index (χ0n) is 23.5. The molecule has 6 aromatic rings. The van der Waals surface area contributed by atoms with Crippen LogP contribution in [0.5, 0.6) is 0 Å². The number of pyridine rings is 2. The van der Waals surface area contributed by atoms with Gasteiger partial charge in [-0.3, -0.25) is 5.10 Å². The second kappa shape index (κ2) is 10.5. The van der Waals surface area contributed by atoms with Gasteiger partial charge in [0.15, 0.2) is 40.4 Å². The molecule has 0 atom stereocenters. The lowest BCUT2D eigenvalue weighted by molar-refractivity contribution is 0.628. The standard InChI is InChI=1S/C16H16FN5.C15H14FN5/c1-22-16-11(14(18)21-22)8-12(17)15(20-16)19-13-7-3-5-9-4-2-6-10(9)13;16-11-7-10-13(17)20-21-14(10)19-15(11)18-12-6-2-4-8-3-1-5-9(8)12/h3,5,7-8H,2,4,6H2,1H3,(H2,18,21)(H,19,20);2,4,6-7H,1,3,5H2,(H4,17,18,19,20,21). The third kappa shape index (κ3) is 4.84. The van der Waals surface area contributed by atoms with E-state index in [1.54, 1.807) is 11.7 Å². The summed E-state index contributed by atoms with van der Waals surface area (Å²) in [6, 6.07) is 14.9. The molecule has 4 aromatic heterocycles. The predicted molar refractivity (Wildman–Crippen MR) is 165 cm³/mol. The number of anilines is 6. The van der Waals surface area contributed by atoms with Crippen molar-refractivity contribution in [3.05, 3.63) is 82.4 Å². The number of aromatic amines is 1. The number of H-pyrrole nitrogens is 1. The molecule has 0 unspecified atom stereocenters. The molecule has 0 saturated carbocycles. The quantitative estimate of drug-likeness (QED) is 0.175. The molecule has 8 rings (SSSR count). The highest BCUT2D eigenvalue weighted by Gasteiger charge is 2.19. The van der Waals surface area contributed by atoms with Gasteiger partial charge in [0.1, 0.15) is 5.82 Å². The Morgan fingerprint density at radius 1 is 0.791 bits per heavy atom. The zero-order valence-corrected chi connectivity index (χ0v) is 23.5. The first-order chi connectivity index (χ1) is 20.9. The Morgan fingerprint density at radius 3 is 2.00 bits per heavy atom. The van der Waals surface area contributed by atoms with Crippen molar-refractivity contribution in [1.29, 1.82) is 0 Å². The number of nitrogens with two attached hydrogens (primary N) is 2. The van der Waals surface area contributed by atoms with Crippen LogP contribution in [-0.2, 0) is 32.7 Å². The van der Waals surface area contributed by atoms with Gasteiger partial charge >= 0.3 is 0 Å². The van der Waals surface area contributed by atoms with Gasteiger partial charge in [-0.25, -0.2) is 23.4 Å². The third-order valence-electron chi connectivity index (χ3n) is 8.12. The lowest BCUT2D eigenvalue weighted by Crippen LogP contribution is -2.02. The summed E-state index contributed by atoms with van der Waals surface area (Å²) in [7, 11) is 1.74. The molecule has 12 heteroatoms. The zero-order chi connectivity index (χ0) is 29.7. The summed E-state index contributed by atoms with van der Waals surface area (Å²) in [5.74, 6) is 0.124. The minimum Gasteiger partial charge on any atom is -0.384 e. The molecule has 0 amide bonds. The van der Waals surface area contributed by atoms with Crippen LogP contribution in [0.1, 0.15) is 35.1 Å². The van der Waals surface area contributed by atoms with E-state index in [2.05, 4.69) is 48.0 Å². The molecular weight excluding hydrogens is 550 g/mol. The van der Waals surface area contributed by atoms with Gasteiger partial charge in [0.05, 0.1) is 10.8 Å². The van der Waals surface area contributed by atoms with Crippen molar-refractivity contribution in [2.24, 2.45) is 7.05 Å². The topological polar surface area (TPSA) is 148 Å². The summed E-state index contributed by atoms with van der Waals surface area (Å²) >= 11 is 0. The molecule has 2 aliphatic carbocycles. The van der Waals surface area contributed by atoms with E-state index in [-0.39, 0.29) is 17.5 Å². The summed E-state index contributed by atoms with van der Waals surface area (Å²) in [6.07, 6.45) is 6.46. The number of nitrogens with one attached hydrogen (secondary N) is 3. The lowest BCUT2D eigenvalue weighted by atomic mass is 10.1. The number of fused-ring (bicyclic) bond motifs is 4. The fourth-order valence-corrected chi connectivity index (χ4v) is 6.02. The van der Waals surface area contributed by atoms with Gasteiger partial charge in [-0.05, 0) is 85.0 Å². The van der Waals surface area contributed by atoms with Gasteiger partial charge < -0.3 is 22.1 Å². The molecule has 2 aromatic carbocycles. The average Bonchev–Trinajstić information content (AvgIpc) is 3.79. The van der Waals surface area contributed by atoms with E-state index in [9.17, 15) is 8.78 Å². The molecule has 43 heavy (non-hydrogen) atoms. The molecule has 7 N–H and O–H groups in total. The second-order valence-corrected chi connectivity index (χ2v) is 10.9. The Balaban J connectivity index is 0.000000140. The van der Waals surface area contributed by atoms with Crippen LogP contribution < -0.4 is 22.1 Å². The first kappa shape index (κ1) is 26.6. The number of aromatic nitrogens is 6. The van der Waals surface area contributed by atoms with Crippen LogP contribution in [0, 0.1) is 11.6 Å². The maximum atomic E-state index is 14.3. The smallest absolute Gasteiger partial charge is 0.185 e. The van der Waals surface area contributed by atoms with Crippen LogP contribution in [0.3, 0.4) is 0 Å². The van der Waals surface area contributed by atoms with Gasteiger partial charge in [-0.2, -0.15) is 10.2 Å². The fraction of sp³-hybridized carbons (Fsp3) is 0.226. The van der Waals surface area contributed by atoms with E-state index in [0.29, 0.717) is 27.9 Å². The highest BCUT2D eigenvalue weighted by Crippen LogP contribution is 2.33. The second-order valence-electron chi connectivity index (χ2n) is 10.9. The van der Waals surface area contributed by atoms with Crippen molar-refractivity contribution in [2.45, 2.75) is 38.5 Å². The van der Waals surface area contributed by atoms with E-state index < -0.39 is 11.6 Å². The summed E-state index contributed by atoms with van der Waals surface area (Å²) in [5, 5.41) is 17.9. The van der Waals surface area contributed by atoms with Gasteiger partial charge in [0.25, 0.3) is 0 Å². The number of hydrogen-bond acceptors (Lipinski definition) is 8. The monoisotopic (exact) mass is 580 g/mol. The normalized spacial score (nSPS) is 13.6. The molecule has 0 saturated heterocycles. The van der Waals surface area contributed by atoms with Crippen LogP contribution in [-0.4, -0.2) is 29.9 Å². The molecule has 4 heterocycles. The SMILES string of the molecule is Cn1nc(N)c2cc(F)c(Nc3cccc4c3CCC4)nc21.Nc1[nH]nc2nc(Nc3cccc4c3CCC4)c(F)cc12. The number of nitrogen functional groups attached to an aromatic ring is 2. The number of rotatable bonds is 4. The van der Waals surface area contributed by atoms with Crippen LogP contribution in [0.2, 0.25) is 0 Å². The van der Waals surface area contributed by atoms with Crippen LogP contribution in [0.15, 0.2) is 48.5 Å². The first-order valence-corrected chi connectivity index (χ1v) is 14.2. The Bertz CT molecular complexity index is 2010. The van der Waals surface area contributed by atoms with E-state index in [4.69, 9.17) is 11.5 Å². The van der Waals surface area contributed by atoms with Crippen molar-refractivity contribution in [1.82, 2.24) is 29.9 Å². The highest BCUT2D eigenvalue weighted by atomic mass is 19.1. The van der Waals surface area contributed by atoms with Crippen LogP contribution in [0.25, 0.3) is 22.1 Å². The van der Waals surface area contributed by atoms with Gasteiger partial charge in [0.2, 0.25) is 0 Å². The van der Waals surface area contributed by atoms with Crippen molar-refractivity contribution in [2.75, 3.05) is 22.1 Å². The number of nitrogens with zero attached hydrogens (tertiary/aromatic N) is 5. The summed E-state index contributed by atoms with van der Waals surface area (Å²) < 4.78 is 30.1. The van der Waals surface area contributed by atoms with Gasteiger partial charge in [-0.1, -0.05) is 24.3 Å². The number of hydrogen-bond donors (Lipinski definition) is 5. The van der Waals surface area contributed by atoms with Gasteiger partial charge in [0, 0.05) is 18.4 Å². The van der Waals surface area contributed by atoms with E-state index in [1.807, 2.05) is 24.3 Å².